The molecule has 0 radical (unpaired) electrons. The van der Waals surface area contributed by atoms with Gasteiger partial charge in [-0.15, -0.1) is 0 Å². The van der Waals surface area contributed by atoms with Gasteiger partial charge in [0.15, 0.2) is 0 Å². The quantitative estimate of drug-likeness (QED) is 0.874. The molecule has 1 aromatic heterocycles. The standard InChI is InChI=1S/C17H23N3O2/c1-12-4-5-16-15(8-12)9-18-20(16)7-6-17(21)19-10-13(2)22-14(3)11-19/h4-5,8-9,13-14H,6-7,10-11H2,1-3H3/t13-,14+. The van der Waals surface area contributed by atoms with Gasteiger partial charge < -0.3 is 9.64 Å². The van der Waals surface area contributed by atoms with Crippen molar-refractivity contribution in [3.05, 3.63) is 30.0 Å². The summed E-state index contributed by atoms with van der Waals surface area (Å²) in [4.78, 5) is 14.3. The normalized spacial score (nSPS) is 22.2. The number of rotatable bonds is 3. The van der Waals surface area contributed by atoms with Crippen molar-refractivity contribution in [3.8, 4) is 0 Å². The Bertz CT molecular complexity index is 670. The van der Waals surface area contributed by atoms with Crippen LogP contribution < -0.4 is 0 Å². The number of fused-ring (bicyclic) bond motifs is 1. The van der Waals surface area contributed by atoms with Gasteiger partial charge in [-0.25, -0.2) is 0 Å². The summed E-state index contributed by atoms with van der Waals surface area (Å²) in [6.45, 7) is 8.08. The molecule has 2 heterocycles. The molecule has 1 aliphatic heterocycles. The molecule has 1 saturated heterocycles. The number of aromatic nitrogens is 2. The average Bonchev–Trinajstić information content (AvgIpc) is 2.85. The minimum Gasteiger partial charge on any atom is -0.372 e. The highest BCUT2D eigenvalue weighted by Gasteiger charge is 2.25. The van der Waals surface area contributed by atoms with Gasteiger partial charge in [0.05, 0.1) is 30.5 Å². The number of ether oxygens (including phenoxy) is 1. The van der Waals surface area contributed by atoms with E-state index in [4.69, 9.17) is 4.74 Å². The summed E-state index contributed by atoms with van der Waals surface area (Å²) in [5.74, 6) is 0.178. The fourth-order valence-electron chi connectivity index (χ4n) is 3.13. The maximum Gasteiger partial charge on any atom is 0.224 e. The highest BCUT2D eigenvalue weighted by Crippen LogP contribution is 2.16. The minimum atomic E-state index is 0.112. The van der Waals surface area contributed by atoms with Crippen LogP contribution in [0.3, 0.4) is 0 Å². The first-order chi connectivity index (χ1) is 10.5. The molecule has 0 N–H and O–H groups in total. The summed E-state index contributed by atoms with van der Waals surface area (Å²) in [5, 5.41) is 5.53. The van der Waals surface area contributed by atoms with Crippen molar-refractivity contribution in [3.63, 3.8) is 0 Å². The molecular formula is C17H23N3O2. The Balaban J connectivity index is 1.65. The van der Waals surface area contributed by atoms with Gasteiger partial charge in [-0.05, 0) is 32.9 Å². The molecule has 1 aromatic carbocycles. The Hall–Kier alpha value is -1.88. The molecule has 2 aromatic rings. The topological polar surface area (TPSA) is 47.4 Å². The van der Waals surface area contributed by atoms with Gasteiger partial charge in [0.1, 0.15) is 0 Å². The van der Waals surface area contributed by atoms with Gasteiger partial charge in [-0.1, -0.05) is 11.6 Å². The molecule has 1 fully saturated rings. The lowest BCUT2D eigenvalue weighted by Gasteiger charge is -2.35. The van der Waals surface area contributed by atoms with Gasteiger partial charge >= 0.3 is 0 Å². The fourth-order valence-corrected chi connectivity index (χ4v) is 3.13. The molecule has 0 aliphatic carbocycles. The highest BCUT2D eigenvalue weighted by atomic mass is 16.5. The van der Waals surface area contributed by atoms with Crippen molar-refractivity contribution >= 4 is 16.8 Å². The maximum atomic E-state index is 12.4. The van der Waals surface area contributed by atoms with Crippen LogP contribution in [-0.2, 0) is 16.1 Å². The number of carbonyl (C=O) groups excluding carboxylic acids is 1. The highest BCUT2D eigenvalue weighted by molar-refractivity contribution is 5.80. The minimum absolute atomic E-state index is 0.112. The largest absolute Gasteiger partial charge is 0.372 e. The number of hydrogen-bond acceptors (Lipinski definition) is 3. The molecule has 3 rings (SSSR count). The van der Waals surface area contributed by atoms with Gasteiger partial charge in [0, 0.05) is 24.9 Å². The van der Waals surface area contributed by atoms with Crippen LogP contribution in [0.4, 0.5) is 0 Å². The van der Waals surface area contributed by atoms with Gasteiger partial charge in [0.25, 0.3) is 0 Å². The lowest BCUT2D eigenvalue weighted by Crippen LogP contribution is -2.48. The smallest absolute Gasteiger partial charge is 0.224 e. The van der Waals surface area contributed by atoms with Crippen LogP contribution in [0.2, 0.25) is 0 Å². The van der Waals surface area contributed by atoms with E-state index in [0.29, 0.717) is 26.1 Å². The Morgan fingerprint density at radius 3 is 2.77 bits per heavy atom. The Kier molecular flexibility index (Phi) is 4.16. The Labute approximate surface area is 130 Å². The molecule has 0 saturated carbocycles. The van der Waals surface area contributed by atoms with E-state index in [0.717, 1.165) is 10.9 Å². The van der Waals surface area contributed by atoms with Crippen LogP contribution in [0.5, 0.6) is 0 Å². The third-order valence-electron chi connectivity index (χ3n) is 4.11. The zero-order chi connectivity index (χ0) is 15.7. The maximum absolute atomic E-state index is 12.4. The summed E-state index contributed by atoms with van der Waals surface area (Å²) in [7, 11) is 0. The second-order valence-electron chi connectivity index (χ2n) is 6.24. The zero-order valence-corrected chi connectivity index (χ0v) is 13.5. The van der Waals surface area contributed by atoms with Crippen molar-refractivity contribution in [2.75, 3.05) is 13.1 Å². The molecule has 5 nitrogen and oxygen atoms in total. The van der Waals surface area contributed by atoms with E-state index >= 15 is 0 Å². The van der Waals surface area contributed by atoms with E-state index in [-0.39, 0.29) is 18.1 Å². The molecule has 1 amide bonds. The van der Waals surface area contributed by atoms with Crippen LogP contribution >= 0.6 is 0 Å². The molecule has 0 bridgehead atoms. The number of morpholine rings is 1. The first kappa shape index (κ1) is 15.0. The molecule has 2 atom stereocenters. The van der Waals surface area contributed by atoms with Crippen molar-refractivity contribution in [1.82, 2.24) is 14.7 Å². The molecule has 118 valence electrons. The number of nitrogens with zero attached hydrogens (tertiary/aromatic N) is 3. The first-order valence-corrected chi connectivity index (χ1v) is 7.88. The fraction of sp³-hybridized carbons (Fsp3) is 0.529. The first-order valence-electron chi connectivity index (χ1n) is 7.88. The third kappa shape index (κ3) is 3.14. The van der Waals surface area contributed by atoms with E-state index in [1.807, 2.05) is 29.6 Å². The molecule has 0 unspecified atom stereocenters. The van der Waals surface area contributed by atoms with Gasteiger partial charge in [-0.3, -0.25) is 9.48 Å². The van der Waals surface area contributed by atoms with Crippen LogP contribution in [-0.4, -0.2) is 45.9 Å². The number of hydrogen-bond donors (Lipinski definition) is 0. The van der Waals surface area contributed by atoms with Crippen molar-refractivity contribution in [1.29, 1.82) is 0 Å². The monoisotopic (exact) mass is 301 g/mol. The summed E-state index contributed by atoms with van der Waals surface area (Å²) in [6, 6.07) is 6.26. The van der Waals surface area contributed by atoms with Crippen molar-refractivity contribution in [2.45, 2.75) is 45.9 Å². The molecule has 1 aliphatic rings. The lowest BCUT2D eigenvalue weighted by atomic mass is 10.2. The molecule has 5 heteroatoms. The summed E-state index contributed by atoms with van der Waals surface area (Å²) in [6.07, 6.45) is 2.57. The molecule has 0 spiro atoms. The van der Waals surface area contributed by atoms with Crippen LogP contribution in [0.25, 0.3) is 10.9 Å². The third-order valence-corrected chi connectivity index (χ3v) is 4.11. The van der Waals surface area contributed by atoms with E-state index in [2.05, 4.69) is 30.2 Å². The second-order valence-corrected chi connectivity index (χ2v) is 6.24. The summed E-state index contributed by atoms with van der Waals surface area (Å²) < 4.78 is 7.59. The lowest BCUT2D eigenvalue weighted by molar-refractivity contribution is -0.143. The molecular weight excluding hydrogens is 278 g/mol. The molecule has 22 heavy (non-hydrogen) atoms. The number of benzene rings is 1. The Morgan fingerprint density at radius 2 is 2.05 bits per heavy atom. The number of carbonyl (C=O) groups is 1. The van der Waals surface area contributed by atoms with Gasteiger partial charge in [0.2, 0.25) is 5.91 Å². The van der Waals surface area contributed by atoms with E-state index in [9.17, 15) is 4.79 Å². The Morgan fingerprint density at radius 1 is 1.32 bits per heavy atom. The average molecular weight is 301 g/mol. The van der Waals surface area contributed by atoms with Crippen molar-refractivity contribution in [2.24, 2.45) is 0 Å². The summed E-state index contributed by atoms with van der Waals surface area (Å²) in [5.41, 5.74) is 2.31. The van der Waals surface area contributed by atoms with Crippen LogP contribution in [0.15, 0.2) is 24.4 Å². The number of aryl methyl sites for hydroxylation is 2. The second kappa shape index (κ2) is 6.08. The summed E-state index contributed by atoms with van der Waals surface area (Å²) >= 11 is 0. The zero-order valence-electron chi connectivity index (χ0n) is 13.5. The van der Waals surface area contributed by atoms with Gasteiger partial charge in [-0.2, -0.15) is 5.10 Å². The number of amides is 1. The van der Waals surface area contributed by atoms with E-state index in [1.54, 1.807) is 0 Å². The van der Waals surface area contributed by atoms with Crippen LogP contribution in [0.1, 0.15) is 25.8 Å². The predicted molar refractivity (Wildman–Crippen MR) is 85.7 cm³/mol. The van der Waals surface area contributed by atoms with Crippen LogP contribution in [0, 0.1) is 6.92 Å². The SMILES string of the molecule is Cc1ccc2c(cnn2CCC(=O)N2C[C@@H](C)O[C@@H](C)C2)c1. The van der Waals surface area contributed by atoms with E-state index in [1.165, 1.54) is 5.56 Å². The van der Waals surface area contributed by atoms with E-state index < -0.39 is 0 Å². The van der Waals surface area contributed by atoms with Crippen molar-refractivity contribution < 1.29 is 9.53 Å². The predicted octanol–water partition coefficient (Wildman–Crippen LogP) is 2.37.